The van der Waals surface area contributed by atoms with E-state index >= 15 is 0 Å². The average molecular weight is 580 g/mol. The van der Waals surface area contributed by atoms with Gasteiger partial charge >= 0.3 is 0 Å². The van der Waals surface area contributed by atoms with E-state index in [0.717, 1.165) is 25.7 Å². The molecule has 0 aliphatic carbocycles. The predicted octanol–water partition coefficient (Wildman–Crippen LogP) is 10.4. The van der Waals surface area contributed by atoms with Crippen LogP contribution < -0.4 is 5.32 Å². The maximum atomic E-state index is 12.3. The van der Waals surface area contributed by atoms with Crippen LogP contribution in [0, 0.1) is 0 Å². The Kier molecular flexibility index (Phi) is 33.2. The Balaban J connectivity index is 3.56. The van der Waals surface area contributed by atoms with E-state index in [4.69, 9.17) is 0 Å². The molecule has 0 aliphatic rings. The van der Waals surface area contributed by atoms with Crippen molar-refractivity contribution >= 4 is 5.78 Å². The standard InChI is InChI=1S/C37H73NO3/c1-3-5-7-9-11-13-15-17-18-20-21-23-25-27-29-31-35(40)33-38-36(34-39)37(41)32-30-28-26-24-22-19-16-14-12-10-8-6-4-2/h17-18,36-39,41H,3-16,19-34H2,1-2H3/b18-17-. The Morgan fingerprint density at radius 2 is 0.976 bits per heavy atom. The molecule has 244 valence electrons. The van der Waals surface area contributed by atoms with Crippen LogP contribution in [0.15, 0.2) is 12.2 Å². The summed E-state index contributed by atoms with van der Waals surface area (Å²) in [5.74, 6) is 0.189. The first-order chi connectivity index (χ1) is 20.2. The molecule has 0 amide bonds. The van der Waals surface area contributed by atoms with Crippen molar-refractivity contribution in [3.05, 3.63) is 12.2 Å². The number of aliphatic hydroxyl groups excluding tert-OH is 2. The minimum absolute atomic E-state index is 0.125. The number of carbonyl (C=O) groups is 1. The Hall–Kier alpha value is -0.710. The van der Waals surface area contributed by atoms with Crippen molar-refractivity contribution in [3.8, 4) is 0 Å². The fourth-order valence-electron chi connectivity index (χ4n) is 5.62. The number of nitrogens with one attached hydrogen (secondary N) is 1. The molecule has 0 heterocycles. The summed E-state index contributed by atoms with van der Waals surface area (Å²) in [4.78, 5) is 12.3. The molecule has 0 radical (unpaired) electrons. The average Bonchev–Trinajstić information content (AvgIpc) is 2.97. The van der Waals surface area contributed by atoms with Gasteiger partial charge in [0.1, 0.15) is 5.78 Å². The van der Waals surface area contributed by atoms with Gasteiger partial charge in [-0.05, 0) is 38.5 Å². The molecule has 0 fully saturated rings. The molecule has 0 spiro atoms. The lowest BCUT2D eigenvalue weighted by molar-refractivity contribution is -0.118. The molecule has 0 saturated carbocycles. The summed E-state index contributed by atoms with van der Waals surface area (Å²) in [6.45, 7) is 4.67. The highest BCUT2D eigenvalue weighted by Gasteiger charge is 2.18. The Bertz CT molecular complexity index is 550. The number of allylic oxidation sites excluding steroid dienone is 2. The zero-order valence-electron chi connectivity index (χ0n) is 27.8. The zero-order chi connectivity index (χ0) is 30.1. The molecule has 2 unspecified atom stereocenters. The van der Waals surface area contributed by atoms with E-state index < -0.39 is 12.1 Å². The van der Waals surface area contributed by atoms with Gasteiger partial charge in [0.2, 0.25) is 0 Å². The van der Waals surface area contributed by atoms with Gasteiger partial charge in [-0.1, -0.05) is 161 Å². The molecular weight excluding hydrogens is 506 g/mol. The topological polar surface area (TPSA) is 69.6 Å². The summed E-state index contributed by atoms with van der Waals surface area (Å²) >= 11 is 0. The number of aliphatic hydroxyl groups is 2. The van der Waals surface area contributed by atoms with Gasteiger partial charge in [-0.3, -0.25) is 4.79 Å². The van der Waals surface area contributed by atoms with Crippen LogP contribution in [0.2, 0.25) is 0 Å². The van der Waals surface area contributed by atoms with Crippen LogP contribution in [0.5, 0.6) is 0 Å². The molecule has 0 saturated heterocycles. The summed E-state index contributed by atoms with van der Waals surface area (Å²) < 4.78 is 0. The molecule has 0 aromatic heterocycles. The minimum Gasteiger partial charge on any atom is -0.395 e. The normalized spacial score (nSPS) is 13.3. The second-order valence-electron chi connectivity index (χ2n) is 12.6. The van der Waals surface area contributed by atoms with E-state index in [1.54, 1.807) is 0 Å². The summed E-state index contributed by atoms with van der Waals surface area (Å²) in [5, 5.41) is 23.3. The first-order valence-electron chi connectivity index (χ1n) is 18.3. The van der Waals surface area contributed by atoms with Crippen molar-refractivity contribution < 1.29 is 15.0 Å². The lowest BCUT2D eigenvalue weighted by atomic mass is 10.0. The molecule has 0 aromatic carbocycles. The van der Waals surface area contributed by atoms with Gasteiger partial charge in [0.05, 0.1) is 25.3 Å². The van der Waals surface area contributed by atoms with Crippen LogP contribution in [0.1, 0.15) is 194 Å². The third-order valence-electron chi connectivity index (χ3n) is 8.54. The Labute approximate surface area is 256 Å². The van der Waals surface area contributed by atoms with Crippen molar-refractivity contribution in [3.63, 3.8) is 0 Å². The molecule has 0 aromatic rings. The largest absolute Gasteiger partial charge is 0.395 e. The van der Waals surface area contributed by atoms with Gasteiger partial charge < -0.3 is 15.5 Å². The molecule has 0 rings (SSSR count). The van der Waals surface area contributed by atoms with Gasteiger partial charge in [0, 0.05) is 6.42 Å². The highest BCUT2D eigenvalue weighted by Crippen LogP contribution is 2.14. The fourth-order valence-corrected chi connectivity index (χ4v) is 5.62. The Morgan fingerprint density at radius 3 is 1.41 bits per heavy atom. The smallest absolute Gasteiger partial charge is 0.146 e. The maximum absolute atomic E-state index is 12.3. The Morgan fingerprint density at radius 1 is 0.585 bits per heavy atom. The first-order valence-corrected chi connectivity index (χ1v) is 18.3. The minimum atomic E-state index is -0.583. The monoisotopic (exact) mass is 580 g/mol. The highest BCUT2D eigenvalue weighted by molar-refractivity contribution is 5.80. The molecule has 4 heteroatoms. The third kappa shape index (κ3) is 30.5. The van der Waals surface area contributed by atoms with Crippen LogP contribution in [0.4, 0.5) is 0 Å². The molecule has 0 bridgehead atoms. The third-order valence-corrected chi connectivity index (χ3v) is 8.54. The summed E-state index contributed by atoms with van der Waals surface area (Å²) in [5.41, 5.74) is 0. The number of Topliss-reactive ketones (excluding diaryl/α,β-unsaturated/α-hetero) is 1. The van der Waals surface area contributed by atoms with Crippen LogP contribution >= 0.6 is 0 Å². The second-order valence-corrected chi connectivity index (χ2v) is 12.6. The van der Waals surface area contributed by atoms with E-state index in [2.05, 4.69) is 31.3 Å². The number of rotatable bonds is 34. The van der Waals surface area contributed by atoms with Crippen LogP contribution in [-0.4, -0.2) is 41.3 Å². The molecule has 0 aliphatic heterocycles. The molecule has 4 nitrogen and oxygen atoms in total. The quantitative estimate of drug-likeness (QED) is 0.0524. The lowest BCUT2D eigenvalue weighted by Gasteiger charge is -2.22. The van der Waals surface area contributed by atoms with Crippen LogP contribution in [-0.2, 0) is 4.79 Å². The van der Waals surface area contributed by atoms with Crippen molar-refractivity contribution in [1.29, 1.82) is 0 Å². The SMILES string of the molecule is CCCCCCCC/C=C\CCCCCCCC(=O)CNC(CO)C(O)CCCCCCCCCCCCCCC. The van der Waals surface area contributed by atoms with E-state index in [-0.39, 0.29) is 18.9 Å². The van der Waals surface area contributed by atoms with Gasteiger partial charge in [-0.2, -0.15) is 0 Å². The van der Waals surface area contributed by atoms with Crippen LogP contribution in [0.3, 0.4) is 0 Å². The van der Waals surface area contributed by atoms with E-state index in [0.29, 0.717) is 12.8 Å². The lowest BCUT2D eigenvalue weighted by Crippen LogP contribution is -2.44. The van der Waals surface area contributed by atoms with Gasteiger partial charge in [0.15, 0.2) is 0 Å². The van der Waals surface area contributed by atoms with E-state index in [9.17, 15) is 15.0 Å². The van der Waals surface area contributed by atoms with Gasteiger partial charge in [0.25, 0.3) is 0 Å². The summed E-state index contributed by atoms with van der Waals surface area (Å²) in [6, 6.07) is -0.398. The van der Waals surface area contributed by atoms with E-state index in [1.807, 2.05) is 0 Å². The van der Waals surface area contributed by atoms with Crippen LogP contribution in [0.25, 0.3) is 0 Å². The van der Waals surface area contributed by atoms with Crippen molar-refractivity contribution in [2.75, 3.05) is 13.2 Å². The van der Waals surface area contributed by atoms with Crippen molar-refractivity contribution in [2.24, 2.45) is 0 Å². The summed E-state index contributed by atoms with van der Waals surface area (Å²) in [6.07, 6.45) is 38.8. The molecule has 3 N–H and O–H groups in total. The first kappa shape index (κ1) is 40.3. The van der Waals surface area contributed by atoms with Crippen molar-refractivity contribution in [2.45, 2.75) is 206 Å². The summed E-state index contributed by atoms with van der Waals surface area (Å²) in [7, 11) is 0. The molecule has 2 atom stereocenters. The number of hydrogen-bond acceptors (Lipinski definition) is 4. The fraction of sp³-hybridized carbons (Fsp3) is 0.919. The van der Waals surface area contributed by atoms with Gasteiger partial charge in [-0.15, -0.1) is 0 Å². The van der Waals surface area contributed by atoms with Gasteiger partial charge in [-0.25, -0.2) is 0 Å². The second kappa shape index (κ2) is 33.8. The number of ketones is 1. The van der Waals surface area contributed by atoms with Crippen molar-refractivity contribution in [1.82, 2.24) is 5.32 Å². The van der Waals surface area contributed by atoms with E-state index in [1.165, 1.54) is 141 Å². The zero-order valence-corrected chi connectivity index (χ0v) is 27.8. The number of unbranched alkanes of at least 4 members (excludes halogenated alkanes) is 23. The highest BCUT2D eigenvalue weighted by atomic mass is 16.3. The predicted molar refractivity (Wildman–Crippen MR) is 180 cm³/mol. The maximum Gasteiger partial charge on any atom is 0.146 e. The number of hydrogen-bond donors (Lipinski definition) is 3. The number of carbonyl (C=O) groups excluding carboxylic acids is 1. The molecular formula is C37H73NO3. The molecule has 41 heavy (non-hydrogen) atoms.